The smallest absolute Gasteiger partial charge is 0.170 e. The SMILES string of the molecule is CCCc1nc(C2(N)CCC(CC)CC2)n[nH]1. The largest absolute Gasteiger partial charge is 0.319 e. The van der Waals surface area contributed by atoms with E-state index in [0.29, 0.717) is 0 Å². The van der Waals surface area contributed by atoms with Gasteiger partial charge in [-0.05, 0) is 38.0 Å². The Hall–Kier alpha value is -0.900. The van der Waals surface area contributed by atoms with Crippen LogP contribution < -0.4 is 5.73 Å². The molecule has 0 spiro atoms. The molecule has 1 saturated carbocycles. The number of nitrogens with zero attached hydrogens (tertiary/aromatic N) is 2. The summed E-state index contributed by atoms with van der Waals surface area (Å²) in [5, 5.41) is 7.33. The highest BCUT2D eigenvalue weighted by atomic mass is 15.2. The number of rotatable bonds is 4. The molecule has 0 amide bonds. The van der Waals surface area contributed by atoms with E-state index in [1.54, 1.807) is 0 Å². The van der Waals surface area contributed by atoms with Gasteiger partial charge in [0.25, 0.3) is 0 Å². The third-order valence-corrected chi connectivity index (χ3v) is 4.04. The number of H-pyrrole nitrogens is 1. The number of aryl methyl sites for hydroxylation is 1. The molecule has 0 aliphatic heterocycles. The topological polar surface area (TPSA) is 67.6 Å². The highest BCUT2D eigenvalue weighted by molar-refractivity contribution is 5.07. The molecular weight excluding hydrogens is 212 g/mol. The van der Waals surface area contributed by atoms with Gasteiger partial charge < -0.3 is 5.73 Å². The first-order chi connectivity index (χ1) is 8.18. The lowest BCUT2D eigenvalue weighted by atomic mass is 9.76. The first kappa shape index (κ1) is 12.6. The maximum absolute atomic E-state index is 6.46. The number of nitrogens with two attached hydrogens (primary N) is 1. The van der Waals surface area contributed by atoms with Gasteiger partial charge in [0.2, 0.25) is 0 Å². The van der Waals surface area contributed by atoms with E-state index < -0.39 is 0 Å². The third-order valence-electron chi connectivity index (χ3n) is 4.04. The lowest BCUT2D eigenvalue weighted by molar-refractivity contribution is 0.222. The van der Waals surface area contributed by atoms with E-state index in [2.05, 4.69) is 29.0 Å². The van der Waals surface area contributed by atoms with Crippen LogP contribution in [0.2, 0.25) is 0 Å². The second kappa shape index (κ2) is 5.17. The summed E-state index contributed by atoms with van der Waals surface area (Å²) in [5.74, 6) is 2.65. The van der Waals surface area contributed by atoms with Crippen LogP contribution in [0.25, 0.3) is 0 Å². The Morgan fingerprint density at radius 2 is 2.06 bits per heavy atom. The number of hydrogen-bond donors (Lipinski definition) is 2. The normalized spacial score (nSPS) is 29.5. The van der Waals surface area contributed by atoms with Crippen LogP contribution in [0.5, 0.6) is 0 Å². The van der Waals surface area contributed by atoms with Gasteiger partial charge in [0.15, 0.2) is 5.82 Å². The molecule has 1 fully saturated rings. The fraction of sp³-hybridized carbons (Fsp3) is 0.846. The molecule has 1 aromatic rings. The molecule has 2 rings (SSSR count). The van der Waals surface area contributed by atoms with Crippen LogP contribution in [-0.4, -0.2) is 15.2 Å². The summed E-state index contributed by atoms with van der Waals surface area (Å²) in [6, 6.07) is 0. The molecular formula is C13H24N4. The minimum atomic E-state index is -0.284. The van der Waals surface area contributed by atoms with Gasteiger partial charge in [0, 0.05) is 6.42 Å². The van der Waals surface area contributed by atoms with Crippen molar-refractivity contribution in [1.29, 1.82) is 0 Å². The first-order valence-corrected chi connectivity index (χ1v) is 6.88. The highest BCUT2D eigenvalue weighted by Crippen LogP contribution is 2.37. The van der Waals surface area contributed by atoms with E-state index in [9.17, 15) is 0 Å². The summed E-state index contributed by atoms with van der Waals surface area (Å²) in [5.41, 5.74) is 6.18. The number of hydrogen-bond acceptors (Lipinski definition) is 3. The molecule has 17 heavy (non-hydrogen) atoms. The van der Waals surface area contributed by atoms with Gasteiger partial charge in [0.1, 0.15) is 5.82 Å². The van der Waals surface area contributed by atoms with E-state index in [1.165, 1.54) is 19.3 Å². The van der Waals surface area contributed by atoms with E-state index >= 15 is 0 Å². The molecule has 1 heterocycles. The van der Waals surface area contributed by atoms with E-state index in [-0.39, 0.29) is 5.54 Å². The highest BCUT2D eigenvalue weighted by Gasteiger charge is 2.35. The van der Waals surface area contributed by atoms with Gasteiger partial charge in [-0.25, -0.2) is 4.98 Å². The van der Waals surface area contributed by atoms with Crippen LogP contribution >= 0.6 is 0 Å². The van der Waals surface area contributed by atoms with Crippen molar-refractivity contribution in [1.82, 2.24) is 15.2 Å². The Labute approximate surface area is 103 Å². The van der Waals surface area contributed by atoms with Crippen LogP contribution in [0.3, 0.4) is 0 Å². The molecule has 0 unspecified atom stereocenters. The molecule has 0 radical (unpaired) electrons. The zero-order chi connectivity index (χ0) is 12.3. The predicted molar refractivity (Wildman–Crippen MR) is 68.5 cm³/mol. The average Bonchev–Trinajstić information content (AvgIpc) is 2.80. The molecule has 1 aliphatic carbocycles. The molecule has 1 aromatic heterocycles. The van der Waals surface area contributed by atoms with Crippen molar-refractivity contribution in [3.05, 3.63) is 11.6 Å². The van der Waals surface area contributed by atoms with Gasteiger partial charge >= 0.3 is 0 Å². The van der Waals surface area contributed by atoms with Crippen molar-refractivity contribution < 1.29 is 0 Å². The summed E-state index contributed by atoms with van der Waals surface area (Å²) in [6.45, 7) is 4.41. The van der Waals surface area contributed by atoms with Crippen LogP contribution in [0, 0.1) is 5.92 Å². The molecule has 0 saturated heterocycles. The van der Waals surface area contributed by atoms with E-state index in [4.69, 9.17) is 5.73 Å². The monoisotopic (exact) mass is 236 g/mol. The van der Waals surface area contributed by atoms with E-state index in [0.717, 1.165) is 43.3 Å². The summed E-state index contributed by atoms with van der Waals surface area (Å²) in [7, 11) is 0. The van der Waals surface area contributed by atoms with Gasteiger partial charge in [0.05, 0.1) is 5.54 Å². The van der Waals surface area contributed by atoms with Gasteiger partial charge in [-0.3, -0.25) is 5.10 Å². The minimum Gasteiger partial charge on any atom is -0.319 e. The minimum absolute atomic E-state index is 0.284. The lowest BCUT2D eigenvalue weighted by Crippen LogP contribution is -2.41. The fourth-order valence-electron chi connectivity index (χ4n) is 2.69. The molecule has 4 nitrogen and oxygen atoms in total. The molecule has 3 N–H and O–H groups in total. The quantitative estimate of drug-likeness (QED) is 0.844. The van der Waals surface area contributed by atoms with Crippen LogP contribution in [-0.2, 0) is 12.0 Å². The van der Waals surface area contributed by atoms with Crippen molar-refractivity contribution in [2.75, 3.05) is 0 Å². The first-order valence-electron chi connectivity index (χ1n) is 6.88. The van der Waals surface area contributed by atoms with Crippen molar-refractivity contribution in [2.45, 2.75) is 64.3 Å². The Bertz CT molecular complexity index is 350. The molecule has 0 bridgehead atoms. The zero-order valence-corrected chi connectivity index (χ0v) is 11.0. The number of aromatic amines is 1. The Morgan fingerprint density at radius 3 is 2.65 bits per heavy atom. The van der Waals surface area contributed by atoms with Crippen molar-refractivity contribution >= 4 is 0 Å². The summed E-state index contributed by atoms with van der Waals surface area (Å²) in [4.78, 5) is 4.55. The van der Waals surface area contributed by atoms with Crippen LogP contribution in [0.15, 0.2) is 0 Å². The predicted octanol–water partition coefficient (Wildman–Crippen LogP) is 2.51. The standard InChI is InChI=1S/C13H24N4/c1-3-5-11-15-12(17-16-11)13(14)8-6-10(4-2)7-9-13/h10H,3-9,14H2,1-2H3,(H,15,16,17). The van der Waals surface area contributed by atoms with Gasteiger partial charge in [-0.1, -0.05) is 20.3 Å². The summed E-state index contributed by atoms with van der Waals surface area (Å²) >= 11 is 0. The molecule has 96 valence electrons. The third kappa shape index (κ3) is 2.68. The Kier molecular flexibility index (Phi) is 3.82. The molecule has 1 aliphatic rings. The lowest BCUT2D eigenvalue weighted by Gasteiger charge is -2.34. The Balaban J connectivity index is 2.05. The molecule has 4 heteroatoms. The van der Waals surface area contributed by atoms with E-state index in [1.807, 2.05) is 0 Å². The zero-order valence-electron chi connectivity index (χ0n) is 11.0. The second-order valence-electron chi connectivity index (χ2n) is 5.36. The number of aromatic nitrogens is 3. The van der Waals surface area contributed by atoms with Crippen molar-refractivity contribution in [3.8, 4) is 0 Å². The number of nitrogens with one attached hydrogen (secondary N) is 1. The average molecular weight is 236 g/mol. The fourth-order valence-corrected chi connectivity index (χ4v) is 2.69. The van der Waals surface area contributed by atoms with Crippen molar-refractivity contribution in [2.24, 2.45) is 11.7 Å². The second-order valence-corrected chi connectivity index (χ2v) is 5.36. The molecule has 0 atom stereocenters. The van der Waals surface area contributed by atoms with Gasteiger partial charge in [-0.2, -0.15) is 5.10 Å². The maximum atomic E-state index is 6.46. The van der Waals surface area contributed by atoms with Crippen molar-refractivity contribution in [3.63, 3.8) is 0 Å². The summed E-state index contributed by atoms with van der Waals surface area (Å²) in [6.07, 6.45) is 7.79. The van der Waals surface area contributed by atoms with Gasteiger partial charge in [-0.15, -0.1) is 0 Å². The summed E-state index contributed by atoms with van der Waals surface area (Å²) < 4.78 is 0. The Morgan fingerprint density at radius 1 is 1.35 bits per heavy atom. The maximum Gasteiger partial charge on any atom is 0.170 e. The molecule has 0 aromatic carbocycles. The van der Waals surface area contributed by atoms with Crippen LogP contribution in [0.4, 0.5) is 0 Å². The van der Waals surface area contributed by atoms with Crippen LogP contribution in [0.1, 0.15) is 64.0 Å².